The number of halogens is 2. The van der Waals surface area contributed by atoms with Crippen LogP contribution in [0.5, 0.6) is 0 Å². The minimum atomic E-state index is -0.797. The van der Waals surface area contributed by atoms with Gasteiger partial charge in [-0.3, -0.25) is 4.99 Å². The van der Waals surface area contributed by atoms with E-state index < -0.39 is 11.0 Å². The summed E-state index contributed by atoms with van der Waals surface area (Å²) in [6.45, 7) is 8.99. The van der Waals surface area contributed by atoms with Gasteiger partial charge in [0.05, 0.1) is 11.8 Å². The Hall–Kier alpha value is -1.04. The molecule has 174 valence electrons. The fourth-order valence-electron chi connectivity index (χ4n) is 4.18. The maximum absolute atomic E-state index is 11.4. The van der Waals surface area contributed by atoms with Crippen LogP contribution in [0.25, 0.3) is 0 Å². The zero-order valence-electron chi connectivity index (χ0n) is 19.2. The van der Waals surface area contributed by atoms with Gasteiger partial charge in [-0.2, -0.15) is 0 Å². The van der Waals surface area contributed by atoms with Gasteiger partial charge in [0, 0.05) is 23.0 Å². The van der Waals surface area contributed by atoms with Crippen molar-refractivity contribution < 1.29 is 5.11 Å². The second kappa shape index (κ2) is 11.4. The van der Waals surface area contributed by atoms with E-state index in [4.69, 9.17) is 40.8 Å². The number of aliphatic imine (C=N–C) groups is 1. The molecule has 0 aromatic heterocycles. The molecular formula is C26H34Cl2N2OS. The molecule has 1 aliphatic heterocycles. The van der Waals surface area contributed by atoms with Crippen molar-refractivity contribution in [1.82, 2.24) is 4.90 Å². The highest BCUT2D eigenvalue weighted by Gasteiger charge is 2.40. The van der Waals surface area contributed by atoms with E-state index in [1.165, 1.54) is 0 Å². The number of unbranched alkanes of at least 4 members (excludes halogenated alkanes) is 2. The lowest BCUT2D eigenvalue weighted by Gasteiger charge is -2.38. The predicted octanol–water partition coefficient (Wildman–Crippen LogP) is 6.80. The molecule has 3 nitrogen and oxygen atoms in total. The zero-order valence-corrected chi connectivity index (χ0v) is 21.6. The summed E-state index contributed by atoms with van der Waals surface area (Å²) in [7, 11) is 0. The molecule has 0 bridgehead atoms. The molecule has 1 aliphatic carbocycles. The second-order valence-corrected chi connectivity index (χ2v) is 10.4. The third-order valence-electron chi connectivity index (χ3n) is 6.12. The third-order valence-corrected chi connectivity index (χ3v) is 7.30. The van der Waals surface area contributed by atoms with Crippen LogP contribution in [0.4, 0.5) is 0 Å². The van der Waals surface area contributed by atoms with Gasteiger partial charge in [-0.25, -0.2) is 0 Å². The van der Waals surface area contributed by atoms with Crippen molar-refractivity contribution in [2.45, 2.75) is 63.9 Å². The molecule has 0 saturated heterocycles. The molecule has 0 amide bonds. The van der Waals surface area contributed by atoms with Crippen LogP contribution in [-0.2, 0) is 0 Å². The number of allylic oxidation sites excluding steroid dienone is 3. The number of hydrogen-bond acceptors (Lipinski definition) is 4. The Balaban J connectivity index is 1.98. The molecule has 2 unspecified atom stereocenters. The molecule has 0 saturated carbocycles. The van der Waals surface area contributed by atoms with E-state index in [1.807, 2.05) is 43.3 Å². The largest absolute Gasteiger partial charge is 0.387 e. The highest BCUT2D eigenvalue weighted by Crippen LogP contribution is 2.46. The van der Waals surface area contributed by atoms with Crippen LogP contribution in [0.2, 0.25) is 5.02 Å². The maximum atomic E-state index is 11.4. The van der Waals surface area contributed by atoms with E-state index in [1.54, 1.807) is 0 Å². The van der Waals surface area contributed by atoms with Crippen LogP contribution in [0, 0.1) is 0 Å². The molecule has 1 heterocycles. The number of benzene rings is 1. The molecule has 0 fully saturated rings. The predicted molar refractivity (Wildman–Crippen MR) is 141 cm³/mol. The Kier molecular flexibility index (Phi) is 9.11. The smallest absolute Gasteiger partial charge is 0.134 e. The molecular weight excluding hydrogens is 459 g/mol. The Morgan fingerprint density at radius 1 is 1.09 bits per heavy atom. The van der Waals surface area contributed by atoms with Crippen LogP contribution < -0.4 is 0 Å². The van der Waals surface area contributed by atoms with E-state index in [-0.39, 0.29) is 0 Å². The Morgan fingerprint density at radius 2 is 1.72 bits per heavy atom. The summed E-state index contributed by atoms with van der Waals surface area (Å²) in [6, 6.07) is 7.62. The number of fused-ring (bicyclic) bond motifs is 1. The first-order chi connectivity index (χ1) is 15.3. The van der Waals surface area contributed by atoms with Crippen molar-refractivity contribution in [3.63, 3.8) is 0 Å². The first kappa shape index (κ1) is 25.6. The molecule has 1 aromatic rings. The molecule has 2 atom stereocenters. The summed E-state index contributed by atoms with van der Waals surface area (Å²) in [5.41, 5.74) is 4.56. The average molecular weight is 494 g/mol. The number of dihydropyridines is 1. The molecule has 0 radical (unpaired) electrons. The highest BCUT2D eigenvalue weighted by atomic mass is 35.5. The second-order valence-electron chi connectivity index (χ2n) is 8.77. The van der Waals surface area contributed by atoms with Crippen LogP contribution in [0.15, 0.2) is 63.2 Å². The third kappa shape index (κ3) is 6.09. The molecule has 1 N–H and O–H groups in total. The summed E-state index contributed by atoms with van der Waals surface area (Å²) in [4.78, 5) is 6.56. The van der Waals surface area contributed by atoms with E-state index in [9.17, 15) is 5.11 Å². The van der Waals surface area contributed by atoms with Gasteiger partial charge in [-0.05, 0) is 73.3 Å². The molecule has 3 rings (SSSR count). The van der Waals surface area contributed by atoms with Crippen LogP contribution in [0.3, 0.4) is 0 Å². The van der Waals surface area contributed by atoms with Gasteiger partial charge in [0.25, 0.3) is 0 Å². The van der Waals surface area contributed by atoms with Gasteiger partial charge >= 0.3 is 0 Å². The quantitative estimate of drug-likeness (QED) is 0.352. The Labute approximate surface area is 208 Å². The minimum Gasteiger partial charge on any atom is -0.387 e. The van der Waals surface area contributed by atoms with Crippen LogP contribution in [-0.4, -0.2) is 46.3 Å². The lowest BCUT2D eigenvalue weighted by molar-refractivity contribution is 0.136. The van der Waals surface area contributed by atoms with E-state index >= 15 is 0 Å². The van der Waals surface area contributed by atoms with Gasteiger partial charge in [-0.1, -0.05) is 68.1 Å². The number of hydrogen-bond donors (Lipinski definition) is 2. The topological polar surface area (TPSA) is 35.8 Å². The fourth-order valence-corrected chi connectivity index (χ4v) is 5.10. The molecule has 0 spiro atoms. The number of aliphatic hydroxyl groups excluding tert-OH is 1. The monoisotopic (exact) mass is 492 g/mol. The highest BCUT2D eigenvalue weighted by molar-refractivity contribution is 7.82. The first-order valence-electron chi connectivity index (χ1n) is 11.5. The number of rotatable bonds is 10. The Morgan fingerprint density at radius 3 is 2.31 bits per heavy atom. The Bertz CT molecular complexity index is 928. The van der Waals surface area contributed by atoms with Crippen molar-refractivity contribution in [1.29, 1.82) is 0 Å². The van der Waals surface area contributed by atoms with Crippen LogP contribution >= 0.6 is 35.8 Å². The van der Waals surface area contributed by atoms with Crippen molar-refractivity contribution in [2.24, 2.45) is 4.99 Å². The van der Waals surface area contributed by atoms with Crippen molar-refractivity contribution in [3.05, 3.63) is 68.8 Å². The molecule has 6 heteroatoms. The van der Waals surface area contributed by atoms with E-state index in [0.29, 0.717) is 18.0 Å². The van der Waals surface area contributed by atoms with Gasteiger partial charge in [0.15, 0.2) is 0 Å². The van der Waals surface area contributed by atoms with Gasteiger partial charge < -0.3 is 10.0 Å². The summed E-state index contributed by atoms with van der Waals surface area (Å²) in [5.74, 6) is 0. The van der Waals surface area contributed by atoms with Crippen molar-refractivity contribution in [3.8, 4) is 0 Å². The number of nitrogens with zero attached hydrogens (tertiary/aromatic N) is 2. The average Bonchev–Trinajstić information content (AvgIpc) is 2.76. The number of aliphatic hydroxyl groups is 1. The van der Waals surface area contributed by atoms with Gasteiger partial charge in [0.2, 0.25) is 0 Å². The van der Waals surface area contributed by atoms with Gasteiger partial charge in [0.1, 0.15) is 4.87 Å². The summed E-state index contributed by atoms with van der Waals surface area (Å²) in [6.07, 6.45) is 8.46. The first-order valence-corrected chi connectivity index (χ1v) is 12.8. The SMILES string of the molecule is CCCCN(CCCC)CC(O)C1=CC(c2ccc(Cl)cc2)=NC2(S)CC(Cl)=C(C)C=C12. The minimum absolute atomic E-state index is 0.506. The zero-order chi connectivity index (χ0) is 23.3. The molecule has 32 heavy (non-hydrogen) atoms. The summed E-state index contributed by atoms with van der Waals surface area (Å²) in [5, 5.41) is 12.9. The van der Waals surface area contributed by atoms with E-state index in [2.05, 4.69) is 18.7 Å². The maximum Gasteiger partial charge on any atom is 0.134 e. The molecule has 2 aliphatic rings. The van der Waals surface area contributed by atoms with Gasteiger partial charge in [-0.15, -0.1) is 12.6 Å². The van der Waals surface area contributed by atoms with E-state index in [0.717, 1.165) is 71.8 Å². The molecule has 1 aromatic carbocycles. The lowest BCUT2D eigenvalue weighted by Crippen LogP contribution is -2.40. The summed E-state index contributed by atoms with van der Waals surface area (Å²) >= 11 is 17.6. The lowest BCUT2D eigenvalue weighted by atomic mass is 9.83. The van der Waals surface area contributed by atoms with Crippen LogP contribution in [0.1, 0.15) is 58.4 Å². The summed E-state index contributed by atoms with van der Waals surface area (Å²) < 4.78 is 0. The normalized spacial score (nSPS) is 21.8. The fraction of sp³-hybridized carbons (Fsp3) is 0.500. The number of thiol groups is 1. The standard InChI is InChI=1S/C26H34Cl2N2OS/c1-4-6-12-30(13-7-5-2)17-25(31)21-15-24(19-8-10-20(27)11-9-19)29-26(32)16-23(28)18(3)14-22(21)26/h8-11,14-15,25,31-32H,4-7,12-13,16-17H2,1-3H3. The van der Waals surface area contributed by atoms with Crippen molar-refractivity contribution >= 4 is 41.5 Å². The van der Waals surface area contributed by atoms with Crippen molar-refractivity contribution in [2.75, 3.05) is 19.6 Å².